The molecule has 1 rings (SSSR count). The fraction of sp³-hybridized carbons (Fsp3) is 0.385. The Balaban J connectivity index is 2.85. The Hall–Kier alpha value is -2.24. The van der Waals surface area contributed by atoms with Crippen molar-refractivity contribution in [3.8, 4) is 0 Å². The minimum atomic E-state index is -0.593. The zero-order valence-electron chi connectivity index (χ0n) is 11.4. The largest absolute Gasteiger partial charge is 0.397 e. The van der Waals surface area contributed by atoms with Crippen molar-refractivity contribution in [1.82, 2.24) is 5.32 Å². The number of benzene rings is 1. The van der Waals surface area contributed by atoms with E-state index in [0.717, 1.165) is 0 Å². The molecule has 104 valence electrons. The summed E-state index contributed by atoms with van der Waals surface area (Å²) in [5.74, 6) is -0.599. The van der Waals surface area contributed by atoms with Gasteiger partial charge in [0, 0.05) is 19.2 Å². The van der Waals surface area contributed by atoms with Crippen molar-refractivity contribution in [1.29, 1.82) is 0 Å². The highest BCUT2D eigenvalue weighted by atomic mass is 16.2. The Bertz CT molecular complexity index is 497. The molecule has 0 fully saturated rings. The number of nitrogen functional groups attached to an aromatic ring is 1. The van der Waals surface area contributed by atoms with Gasteiger partial charge < -0.3 is 22.1 Å². The third-order valence-electron chi connectivity index (χ3n) is 2.90. The Morgan fingerprint density at radius 2 is 1.95 bits per heavy atom. The second-order valence-corrected chi connectivity index (χ2v) is 4.98. The Morgan fingerprint density at radius 1 is 1.32 bits per heavy atom. The van der Waals surface area contributed by atoms with Gasteiger partial charge in [-0.1, -0.05) is 0 Å². The molecule has 0 spiro atoms. The molecule has 0 aromatic heterocycles. The molecule has 0 saturated heterocycles. The smallest absolute Gasteiger partial charge is 0.248 e. The summed E-state index contributed by atoms with van der Waals surface area (Å²) in [4.78, 5) is 22.8. The number of hydrogen-bond donors (Lipinski definition) is 4. The van der Waals surface area contributed by atoms with Crippen molar-refractivity contribution in [2.24, 2.45) is 11.1 Å². The monoisotopic (exact) mass is 264 g/mol. The number of primary amides is 1. The van der Waals surface area contributed by atoms with Crippen LogP contribution >= 0.6 is 0 Å². The van der Waals surface area contributed by atoms with Crippen molar-refractivity contribution in [3.05, 3.63) is 23.8 Å². The number of anilines is 2. The van der Waals surface area contributed by atoms with E-state index >= 15 is 0 Å². The van der Waals surface area contributed by atoms with Crippen LogP contribution in [0.2, 0.25) is 0 Å². The second kappa shape index (κ2) is 5.60. The minimum Gasteiger partial charge on any atom is -0.397 e. The second-order valence-electron chi connectivity index (χ2n) is 4.98. The maximum absolute atomic E-state index is 11.7. The Kier molecular flexibility index (Phi) is 4.37. The average Bonchev–Trinajstić information content (AvgIpc) is 2.36. The molecule has 19 heavy (non-hydrogen) atoms. The number of nitrogens with one attached hydrogen (secondary N) is 2. The topological polar surface area (TPSA) is 110 Å². The van der Waals surface area contributed by atoms with Crippen molar-refractivity contribution in [3.63, 3.8) is 0 Å². The van der Waals surface area contributed by atoms with E-state index in [4.69, 9.17) is 11.5 Å². The number of carbonyl (C=O) groups excluding carboxylic acids is 2. The standard InChI is InChI=1S/C13H20N4O2/c1-13(2,12(19)16-3)7-17-10-6-8(11(15)18)4-5-9(10)14/h4-6,17H,7,14H2,1-3H3,(H2,15,18)(H,16,19). The lowest BCUT2D eigenvalue weighted by molar-refractivity contribution is -0.128. The number of amides is 2. The molecule has 0 unspecified atom stereocenters. The Labute approximate surface area is 112 Å². The lowest BCUT2D eigenvalue weighted by Gasteiger charge is -2.24. The van der Waals surface area contributed by atoms with Gasteiger partial charge in [0.05, 0.1) is 16.8 Å². The van der Waals surface area contributed by atoms with Crippen LogP contribution in [0.4, 0.5) is 11.4 Å². The van der Waals surface area contributed by atoms with Gasteiger partial charge in [-0.05, 0) is 32.0 Å². The van der Waals surface area contributed by atoms with Gasteiger partial charge in [-0.25, -0.2) is 0 Å². The summed E-state index contributed by atoms with van der Waals surface area (Å²) < 4.78 is 0. The van der Waals surface area contributed by atoms with Gasteiger partial charge in [-0.15, -0.1) is 0 Å². The molecule has 6 heteroatoms. The van der Waals surface area contributed by atoms with E-state index < -0.39 is 11.3 Å². The summed E-state index contributed by atoms with van der Waals surface area (Å²) in [5.41, 5.74) is 11.9. The molecule has 0 aliphatic heterocycles. The van der Waals surface area contributed by atoms with Crippen molar-refractivity contribution < 1.29 is 9.59 Å². The molecule has 0 aliphatic carbocycles. The molecule has 6 N–H and O–H groups in total. The maximum Gasteiger partial charge on any atom is 0.248 e. The van der Waals surface area contributed by atoms with Crippen LogP contribution in [0.25, 0.3) is 0 Å². The summed E-state index contributed by atoms with van der Waals surface area (Å²) in [6, 6.07) is 4.75. The SMILES string of the molecule is CNC(=O)C(C)(C)CNc1cc(C(N)=O)ccc1N. The first-order chi connectivity index (χ1) is 8.77. The molecule has 1 aromatic carbocycles. The van der Waals surface area contributed by atoms with E-state index in [0.29, 0.717) is 23.5 Å². The maximum atomic E-state index is 11.7. The lowest BCUT2D eigenvalue weighted by Crippen LogP contribution is -2.39. The van der Waals surface area contributed by atoms with Gasteiger partial charge in [-0.3, -0.25) is 9.59 Å². The summed E-state index contributed by atoms with van der Waals surface area (Å²) in [6.45, 7) is 4.01. The molecule has 0 saturated carbocycles. The number of nitrogens with two attached hydrogens (primary N) is 2. The van der Waals surface area contributed by atoms with Crippen LogP contribution in [0.5, 0.6) is 0 Å². The molecule has 2 amide bonds. The van der Waals surface area contributed by atoms with Crippen LogP contribution in [0, 0.1) is 5.41 Å². The predicted octanol–water partition coefficient (Wildman–Crippen LogP) is 0.552. The van der Waals surface area contributed by atoms with Gasteiger partial charge in [-0.2, -0.15) is 0 Å². The molecular weight excluding hydrogens is 244 g/mol. The minimum absolute atomic E-state index is 0.0790. The van der Waals surface area contributed by atoms with E-state index in [1.807, 2.05) is 13.8 Å². The third kappa shape index (κ3) is 3.61. The van der Waals surface area contributed by atoms with Gasteiger partial charge >= 0.3 is 0 Å². The molecule has 0 heterocycles. The highest BCUT2D eigenvalue weighted by Crippen LogP contribution is 2.23. The van der Waals surface area contributed by atoms with E-state index in [9.17, 15) is 9.59 Å². The molecule has 0 atom stereocenters. The fourth-order valence-corrected chi connectivity index (χ4v) is 1.60. The highest BCUT2D eigenvalue weighted by Gasteiger charge is 2.26. The van der Waals surface area contributed by atoms with Crippen LogP contribution in [0.3, 0.4) is 0 Å². The first kappa shape index (κ1) is 14.8. The quantitative estimate of drug-likeness (QED) is 0.582. The van der Waals surface area contributed by atoms with Crippen LogP contribution < -0.4 is 22.1 Å². The van der Waals surface area contributed by atoms with Gasteiger partial charge in [0.25, 0.3) is 0 Å². The first-order valence-corrected chi connectivity index (χ1v) is 5.93. The fourth-order valence-electron chi connectivity index (χ4n) is 1.60. The third-order valence-corrected chi connectivity index (χ3v) is 2.90. The zero-order chi connectivity index (χ0) is 14.6. The highest BCUT2D eigenvalue weighted by molar-refractivity contribution is 5.95. The van der Waals surface area contributed by atoms with Gasteiger partial charge in [0.15, 0.2) is 0 Å². The predicted molar refractivity (Wildman–Crippen MR) is 75.7 cm³/mol. The van der Waals surface area contributed by atoms with Crippen molar-refractivity contribution in [2.45, 2.75) is 13.8 Å². The molecule has 0 aliphatic rings. The number of rotatable bonds is 5. The molecule has 1 aromatic rings. The average molecular weight is 264 g/mol. The zero-order valence-corrected chi connectivity index (χ0v) is 11.4. The summed E-state index contributed by atoms with van der Waals surface area (Å²) >= 11 is 0. The summed E-state index contributed by atoms with van der Waals surface area (Å²) in [7, 11) is 1.59. The summed E-state index contributed by atoms with van der Waals surface area (Å²) in [6.07, 6.45) is 0. The van der Waals surface area contributed by atoms with Crippen LogP contribution in [0.15, 0.2) is 18.2 Å². The van der Waals surface area contributed by atoms with E-state index in [1.165, 1.54) is 0 Å². The van der Waals surface area contributed by atoms with Crippen LogP contribution in [-0.2, 0) is 4.79 Å². The van der Waals surface area contributed by atoms with Crippen LogP contribution in [-0.4, -0.2) is 25.4 Å². The summed E-state index contributed by atoms with van der Waals surface area (Å²) in [5, 5.41) is 5.67. The van der Waals surface area contributed by atoms with Gasteiger partial charge in [0.2, 0.25) is 11.8 Å². The molecule has 0 bridgehead atoms. The Morgan fingerprint density at radius 3 is 2.47 bits per heavy atom. The first-order valence-electron chi connectivity index (χ1n) is 5.93. The lowest BCUT2D eigenvalue weighted by atomic mass is 9.92. The normalized spacial score (nSPS) is 10.9. The van der Waals surface area contributed by atoms with Crippen molar-refractivity contribution >= 4 is 23.2 Å². The van der Waals surface area contributed by atoms with E-state index in [1.54, 1.807) is 25.2 Å². The van der Waals surface area contributed by atoms with Crippen LogP contribution in [0.1, 0.15) is 24.2 Å². The number of carbonyl (C=O) groups is 2. The van der Waals surface area contributed by atoms with Crippen molar-refractivity contribution in [2.75, 3.05) is 24.6 Å². The van der Waals surface area contributed by atoms with Gasteiger partial charge in [0.1, 0.15) is 0 Å². The number of hydrogen-bond acceptors (Lipinski definition) is 4. The molecule has 6 nitrogen and oxygen atoms in total. The molecular formula is C13H20N4O2. The van der Waals surface area contributed by atoms with E-state index in [2.05, 4.69) is 10.6 Å². The molecule has 0 radical (unpaired) electrons. The van der Waals surface area contributed by atoms with E-state index in [-0.39, 0.29) is 5.91 Å².